The number of hydrogen-bond acceptors (Lipinski definition) is 4. The Morgan fingerprint density at radius 2 is 1.64 bits per heavy atom. The molecule has 0 heterocycles. The van der Waals surface area contributed by atoms with Crippen molar-refractivity contribution in [3.05, 3.63) is 59.7 Å². The van der Waals surface area contributed by atoms with Crippen molar-refractivity contribution in [1.82, 2.24) is 5.32 Å². The molecule has 0 aliphatic rings. The van der Waals surface area contributed by atoms with Crippen molar-refractivity contribution in [1.29, 1.82) is 0 Å². The number of aryl methyl sites for hydroxylation is 1. The van der Waals surface area contributed by atoms with Crippen molar-refractivity contribution in [3.8, 4) is 0 Å². The van der Waals surface area contributed by atoms with Gasteiger partial charge in [0.25, 0.3) is 5.91 Å². The van der Waals surface area contributed by atoms with Crippen molar-refractivity contribution in [2.45, 2.75) is 18.2 Å². The van der Waals surface area contributed by atoms with E-state index in [0.717, 1.165) is 11.8 Å². The van der Waals surface area contributed by atoms with Gasteiger partial charge in [0.2, 0.25) is 5.91 Å². The fourth-order valence-electron chi connectivity index (χ4n) is 2.22. The van der Waals surface area contributed by atoms with Gasteiger partial charge in [-0.1, -0.05) is 18.2 Å². The van der Waals surface area contributed by atoms with Crippen molar-refractivity contribution < 1.29 is 18.0 Å². The summed E-state index contributed by atoms with van der Waals surface area (Å²) < 4.78 is 22.8. The summed E-state index contributed by atoms with van der Waals surface area (Å²) in [4.78, 5) is 24.1. The van der Waals surface area contributed by atoms with Crippen LogP contribution in [0.4, 0.5) is 5.69 Å². The zero-order valence-corrected chi connectivity index (χ0v) is 14.9. The van der Waals surface area contributed by atoms with Crippen LogP contribution in [0.25, 0.3) is 0 Å². The molecule has 0 radical (unpaired) electrons. The van der Waals surface area contributed by atoms with Gasteiger partial charge in [-0.15, -0.1) is 0 Å². The van der Waals surface area contributed by atoms with Gasteiger partial charge in [-0.2, -0.15) is 0 Å². The molecule has 0 fully saturated rings. The molecule has 6 nitrogen and oxygen atoms in total. The number of anilines is 1. The van der Waals surface area contributed by atoms with E-state index in [9.17, 15) is 18.0 Å². The van der Waals surface area contributed by atoms with E-state index < -0.39 is 9.84 Å². The summed E-state index contributed by atoms with van der Waals surface area (Å²) in [7, 11) is -3.26. The third kappa shape index (κ3) is 5.42. The largest absolute Gasteiger partial charge is 0.352 e. The lowest BCUT2D eigenvalue weighted by Gasteiger charge is -2.08. The topological polar surface area (TPSA) is 92.3 Å². The molecule has 132 valence electrons. The molecular formula is C18H20N2O4S. The van der Waals surface area contributed by atoms with E-state index in [1.165, 1.54) is 24.3 Å². The van der Waals surface area contributed by atoms with Gasteiger partial charge in [-0.05, 0) is 42.8 Å². The fourth-order valence-corrected chi connectivity index (χ4v) is 2.85. The predicted molar refractivity (Wildman–Crippen MR) is 96.3 cm³/mol. The van der Waals surface area contributed by atoms with Crippen LogP contribution in [0.3, 0.4) is 0 Å². The molecule has 0 unspecified atom stereocenters. The highest BCUT2D eigenvalue weighted by Gasteiger charge is 2.10. The molecular weight excluding hydrogens is 340 g/mol. The predicted octanol–water partition coefficient (Wildman–Crippen LogP) is 2.16. The van der Waals surface area contributed by atoms with Crippen LogP contribution in [0.5, 0.6) is 0 Å². The van der Waals surface area contributed by atoms with Crippen LogP contribution in [0.1, 0.15) is 22.3 Å². The zero-order chi connectivity index (χ0) is 18.4. The average molecular weight is 360 g/mol. The summed E-state index contributed by atoms with van der Waals surface area (Å²) in [5, 5.41) is 5.37. The number of rotatable bonds is 6. The van der Waals surface area contributed by atoms with E-state index in [0.29, 0.717) is 11.3 Å². The Balaban J connectivity index is 1.83. The van der Waals surface area contributed by atoms with Crippen LogP contribution in [0, 0.1) is 6.92 Å². The number of hydrogen-bond donors (Lipinski definition) is 2. The van der Waals surface area contributed by atoms with E-state index in [1.807, 2.05) is 19.1 Å². The second kappa shape index (κ2) is 7.94. The minimum Gasteiger partial charge on any atom is -0.352 e. The van der Waals surface area contributed by atoms with Gasteiger partial charge < -0.3 is 10.6 Å². The minimum absolute atomic E-state index is 0.117. The molecule has 25 heavy (non-hydrogen) atoms. The summed E-state index contributed by atoms with van der Waals surface area (Å²) in [5.41, 5.74) is 1.96. The van der Waals surface area contributed by atoms with Gasteiger partial charge in [0, 0.05) is 30.5 Å². The van der Waals surface area contributed by atoms with Crippen LogP contribution in [-0.2, 0) is 14.6 Å². The van der Waals surface area contributed by atoms with E-state index in [-0.39, 0.29) is 29.7 Å². The van der Waals surface area contributed by atoms with Crippen molar-refractivity contribution in [3.63, 3.8) is 0 Å². The second-order valence-electron chi connectivity index (χ2n) is 5.67. The first kappa shape index (κ1) is 18.7. The third-order valence-corrected chi connectivity index (χ3v) is 4.72. The zero-order valence-electron chi connectivity index (χ0n) is 14.1. The highest BCUT2D eigenvalue weighted by Crippen LogP contribution is 2.14. The Morgan fingerprint density at radius 1 is 1.00 bits per heavy atom. The normalized spacial score (nSPS) is 11.0. The molecule has 7 heteroatoms. The lowest BCUT2D eigenvalue weighted by molar-refractivity contribution is -0.116. The second-order valence-corrected chi connectivity index (χ2v) is 7.68. The summed E-state index contributed by atoms with van der Waals surface area (Å²) in [6.45, 7) is 2.06. The number of amides is 2. The molecule has 0 saturated carbocycles. The first-order valence-corrected chi connectivity index (χ1v) is 9.60. The van der Waals surface area contributed by atoms with Crippen LogP contribution in [-0.4, -0.2) is 33.0 Å². The first-order chi connectivity index (χ1) is 11.8. The number of benzene rings is 2. The van der Waals surface area contributed by atoms with Gasteiger partial charge in [-0.25, -0.2) is 8.42 Å². The molecule has 0 spiro atoms. The maximum atomic E-state index is 12.0. The summed E-state index contributed by atoms with van der Waals surface area (Å²) >= 11 is 0. The quantitative estimate of drug-likeness (QED) is 0.826. The van der Waals surface area contributed by atoms with E-state index in [2.05, 4.69) is 10.6 Å². The number of carbonyl (C=O) groups excluding carboxylic acids is 2. The van der Waals surface area contributed by atoms with Crippen molar-refractivity contribution >= 4 is 27.3 Å². The highest BCUT2D eigenvalue weighted by molar-refractivity contribution is 7.90. The van der Waals surface area contributed by atoms with Gasteiger partial charge in [0.05, 0.1) is 4.90 Å². The van der Waals surface area contributed by atoms with Gasteiger partial charge in [-0.3, -0.25) is 9.59 Å². The van der Waals surface area contributed by atoms with Crippen LogP contribution in [0.2, 0.25) is 0 Å². The molecule has 0 bridgehead atoms. The molecule has 0 aliphatic heterocycles. The van der Waals surface area contributed by atoms with Gasteiger partial charge >= 0.3 is 0 Å². The maximum Gasteiger partial charge on any atom is 0.251 e. The number of carbonyl (C=O) groups is 2. The highest BCUT2D eigenvalue weighted by atomic mass is 32.2. The lowest BCUT2D eigenvalue weighted by Crippen LogP contribution is -2.28. The van der Waals surface area contributed by atoms with E-state index in [1.54, 1.807) is 12.1 Å². The maximum absolute atomic E-state index is 12.0. The Bertz CT molecular complexity index is 874. The molecule has 2 aromatic carbocycles. The van der Waals surface area contributed by atoms with Crippen LogP contribution < -0.4 is 10.6 Å². The standard InChI is InChI=1S/C18H20N2O4S/c1-13-5-3-4-6-16(13)18(22)19-12-11-17(21)20-14-7-9-15(10-8-14)25(2,23)24/h3-10H,11-12H2,1-2H3,(H,19,22)(H,20,21). The Hall–Kier alpha value is -2.67. The summed E-state index contributed by atoms with van der Waals surface area (Å²) in [6.07, 6.45) is 1.24. The van der Waals surface area contributed by atoms with Crippen LogP contribution >= 0.6 is 0 Å². The number of sulfone groups is 1. The van der Waals surface area contributed by atoms with E-state index in [4.69, 9.17) is 0 Å². The summed E-state index contributed by atoms with van der Waals surface area (Å²) in [5.74, 6) is -0.486. The average Bonchev–Trinajstić information content (AvgIpc) is 2.54. The summed E-state index contributed by atoms with van der Waals surface area (Å²) in [6, 6.07) is 13.1. The fraction of sp³-hybridized carbons (Fsp3) is 0.222. The van der Waals surface area contributed by atoms with Gasteiger partial charge in [0.1, 0.15) is 0 Å². The molecule has 2 rings (SSSR count). The number of nitrogens with one attached hydrogen (secondary N) is 2. The van der Waals surface area contributed by atoms with Crippen molar-refractivity contribution in [2.24, 2.45) is 0 Å². The molecule has 2 amide bonds. The Morgan fingerprint density at radius 3 is 2.24 bits per heavy atom. The smallest absolute Gasteiger partial charge is 0.251 e. The van der Waals surface area contributed by atoms with Crippen molar-refractivity contribution in [2.75, 3.05) is 18.1 Å². The molecule has 2 N–H and O–H groups in total. The Kier molecular flexibility index (Phi) is 5.93. The lowest BCUT2D eigenvalue weighted by atomic mass is 10.1. The SMILES string of the molecule is Cc1ccccc1C(=O)NCCC(=O)Nc1ccc(S(C)(=O)=O)cc1. The monoisotopic (exact) mass is 360 g/mol. The Labute approximate surface area is 147 Å². The minimum atomic E-state index is -3.26. The van der Waals surface area contributed by atoms with Gasteiger partial charge in [0.15, 0.2) is 9.84 Å². The molecule has 0 atom stereocenters. The molecule has 2 aromatic rings. The third-order valence-electron chi connectivity index (χ3n) is 3.59. The van der Waals surface area contributed by atoms with E-state index >= 15 is 0 Å². The van der Waals surface area contributed by atoms with Crippen LogP contribution in [0.15, 0.2) is 53.4 Å². The first-order valence-electron chi connectivity index (χ1n) is 7.71. The molecule has 0 aliphatic carbocycles. The molecule has 0 saturated heterocycles. The molecule has 0 aromatic heterocycles.